The van der Waals surface area contributed by atoms with E-state index >= 15 is 0 Å². The van der Waals surface area contributed by atoms with Gasteiger partial charge in [0, 0.05) is 12.1 Å². The number of hydrogen-bond donors (Lipinski definition) is 3. The molecule has 0 aromatic heterocycles. The molecule has 4 nitrogen and oxygen atoms in total. The van der Waals surface area contributed by atoms with Gasteiger partial charge in [0.05, 0.1) is 6.04 Å². The van der Waals surface area contributed by atoms with Gasteiger partial charge >= 0.3 is 0 Å². The van der Waals surface area contributed by atoms with Crippen LogP contribution in [0.15, 0.2) is 53.7 Å². The van der Waals surface area contributed by atoms with E-state index in [4.69, 9.17) is 10.9 Å². The summed E-state index contributed by atoms with van der Waals surface area (Å²) in [6, 6.07) is 16.3. The van der Waals surface area contributed by atoms with E-state index in [-0.39, 0.29) is 11.9 Å². The first kappa shape index (κ1) is 14.9. The highest BCUT2D eigenvalue weighted by Gasteiger charge is 2.14. The summed E-state index contributed by atoms with van der Waals surface area (Å²) in [5, 5.41) is 15.4. The van der Waals surface area contributed by atoms with Crippen LogP contribution in [0.3, 0.4) is 0 Å². The second-order valence-corrected chi connectivity index (χ2v) is 5.22. The van der Waals surface area contributed by atoms with Gasteiger partial charge in [0.1, 0.15) is 5.84 Å². The molecule has 0 bridgehead atoms. The van der Waals surface area contributed by atoms with Crippen LogP contribution in [0.4, 0.5) is 5.69 Å². The van der Waals surface area contributed by atoms with E-state index in [0.717, 1.165) is 11.3 Å². The Morgan fingerprint density at radius 3 is 2.57 bits per heavy atom. The van der Waals surface area contributed by atoms with Crippen LogP contribution in [0.25, 0.3) is 0 Å². The molecule has 4 N–H and O–H groups in total. The molecular formula is C17H21N3O. The Morgan fingerprint density at radius 1 is 1.19 bits per heavy atom. The Labute approximate surface area is 125 Å². The van der Waals surface area contributed by atoms with E-state index in [9.17, 15) is 0 Å². The number of amidine groups is 1. The van der Waals surface area contributed by atoms with Crippen LogP contribution in [0.5, 0.6) is 0 Å². The van der Waals surface area contributed by atoms with Crippen molar-refractivity contribution in [3.05, 3.63) is 65.2 Å². The molecule has 0 radical (unpaired) electrons. The van der Waals surface area contributed by atoms with Gasteiger partial charge in [-0.05, 0) is 36.6 Å². The van der Waals surface area contributed by atoms with Crippen molar-refractivity contribution in [1.29, 1.82) is 0 Å². The predicted molar refractivity (Wildman–Crippen MR) is 86.7 cm³/mol. The highest BCUT2D eigenvalue weighted by atomic mass is 16.4. The Hall–Kier alpha value is -2.49. The van der Waals surface area contributed by atoms with Gasteiger partial charge in [-0.25, -0.2) is 0 Å². The average molecular weight is 283 g/mol. The largest absolute Gasteiger partial charge is 0.409 e. The number of benzene rings is 2. The molecule has 0 aliphatic carbocycles. The maximum Gasteiger partial charge on any atom is 0.141 e. The van der Waals surface area contributed by atoms with Gasteiger partial charge in [-0.1, -0.05) is 47.6 Å². The minimum Gasteiger partial charge on any atom is -0.409 e. The summed E-state index contributed by atoms with van der Waals surface area (Å²) < 4.78 is 0. The molecular weight excluding hydrogens is 262 g/mol. The normalized spacial score (nSPS) is 13.0. The predicted octanol–water partition coefficient (Wildman–Crippen LogP) is 3.59. The molecule has 2 aromatic carbocycles. The Morgan fingerprint density at radius 2 is 1.90 bits per heavy atom. The summed E-state index contributed by atoms with van der Waals surface area (Å²) >= 11 is 0. The van der Waals surface area contributed by atoms with Gasteiger partial charge in [-0.3, -0.25) is 0 Å². The number of aryl methyl sites for hydroxylation is 2. The molecule has 0 saturated carbocycles. The summed E-state index contributed by atoms with van der Waals surface area (Å²) in [4.78, 5) is 0. The van der Waals surface area contributed by atoms with E-state index in [1.165, 1.54) is 11.1 Å². The van der Waals surface area contributed by atoms with Gasteiger partial charge < -0.3 is 16.3 Å². The molecule has 2 aromatic rings. The smallest absolute Gasteiger partial charge is 0.141 e. The van der Waals surface area contributed by atoms with Crippen molar-refractivity contribution < 1.29 is 5.21 Å². The van der Waals surface area contributed by atoms with Crippen LogP contribution in [-0.2, 0) is 0 Å². The fourth-order valence-electron chi connectivity index (χ4n) is 2.27. The summed E-state index contributed by atoms with van der Waals surface area (Å²) in [7, 11) is 0. The SMILES string of the molecule is Cc1ccc(C)c(NC(CC(N)=NO)c2ccccc2)c1. The Balaban J connectivity index is 2.29. The molecule has 110 valence electrons. The van der Waals surface area contributed by atoms with E-state index in [2.05, 4.69) is 42.5 Å². The Kier molecular flexibility index (Phi) is 4.82. The number of rotatable bonds is 5. The van der Waals surface area contributed by atoms with Crippen LogP contribution >= 0.6 is 0 Å². The van der Waals surface area contributed by atoms with Crippen LogP contribution in [0.1, 0.15) is 29.2 Å². The lowest BCUT2D eigenvalue weighted by molar-refractivity contribution is 0.316. The summed E-state index contributed by atoms with van der Waals surface area (Å²) in [5.74, 6) is 0.210. The summed E-state index contributed by atoms with van der Waals surface area (Å²) in [6.45, 7) is 4.12. The van der Waals surface area contributed by atoms with Gasteiger partial charge in [0.25, 0.3) is 0 Å². The van der Waals surface area contributed by atoms with Gasteiger partial charge in [-0.2, -0.15) is 0 Å². The number of oxime groups is 1. The second-order valence-electron chi connectivity index (χ2n) is 5.22. The lowest BCUT2D eigenvalue weighted by atomic mass is 10.0. The first-order chi connectivity index (χ1) is 10.1. The molecule has 0 heterocycles. The van der Waals surface area contributed by atoms with E-state index in [1.54, 1.807) is 0 Å². The molecule has 2 rings (SSSR count). The van der Waals surface area contributed by atoms with Gasteiger partial charge in [-0.15, -0.1) is 0 Å². The molecule has 0 amide bonds. The summed E-state index contributed by atoms with van der Waals surface area (Å²) in [5.41, 5.74) is 10.2. The minimum atomic E-state index is -0.0393. The minimum absolute atomic E-state index is 0.0393. The standard InChI is InChI=1S/C17H21N3O/c1-12-8-9-13(2)15(10-12)19-16(11-17(18)20-21)14-6-4-3-5-7-14/h3-10,16,19,21H,11H2,1-2H3,(H2,18,20). The summed E-state index contributed by atoms with van der Waals surface area (Å²) in [6.07, 6.45) is 0.438. The van der Waals surface area contributed by atoms with Gasteiger partial charge in [0.2, 0.25) is 0 Å². The van der Waals surface area contributed by atoms with E-state index < -0.39 is 0 Å². The maximum atomic E-state index is 8.83. The Bertz CT molecular complexity index is 623. The zero-order chi connectivity index (χ0) is 15.2. The third kappa shape index (κ3) is 3.99. The third-order valence-electron chi connectivity index (χ3n) is 3.47. The number of hydrogen-bond acceptors (Lipinski definition) is 3. The molecule has 0 spiro atoms. The van der Waals surface area contributed by atoms with Crippen molar-refractivity contribution in [2.24, 2.45) is 10.9 Å². The van der Waals surface area contributed by atoms with Crippen LogP contribution in [0.2, 0.25) is 0 Å². The zero-order valence-corrected chi connectivity index (χ0v) is 12.4. The second kappa shape index (κ2) is 6.79. The van der Waals surface area contributed by atoms with Crippen LogP contribution in [-0.4, -0.2) is 11.0 Å². The van der Waals surface area contributed by atoms with Crippen molar-refractivity contribution in [2.45, 2.75) is 26.3 Å². The molecule has 0 aliphatic rings. The van der Waals surface area contributed by atoms with E-state index in [0.29, 0.717) is 6.42 Å². The molecule has 0 aliphatic heterocycles. The van der Waals surface area contributed by atoms with Crippen molar-refractivity contribution in [2.75, 3.05) is 5.32 Å². The first-order valence-corrected chi connectivity index (χ1v) is 6.95. The van der Waals surface area contributed by atoms with Crippen molar-refractivity contribution >= 4 is 11.5 Å². The molecule has 21 heavy (non-hydrogen) atoms. The number of nitrogens with zero attached hydrogens (tertiary/aromatic N) is 1. The zero-order valence-electron chi connectivity index (χ0n) is 12.4. The lowest BCUT2D eigenvalue weighted by Gasteiger charge is -2.21. The average Bonchev–Trinajstić information content (AvgIpc) is 2.51. The molecule has 1 unspecified atom stereocenters. The molecule has 1 atom stereocenters. The third-order valence-corrected chi connectivity index (χ3v) is 3.47. The van der Waals surface area contributed by atoms with Gasteiger partial charge in [0.15, 0.2) is 0 Å². The highest BCUT2D eigenvalue weighted by Crippen LogP contribution is 2.25. The topological polar surface area (TPSA) is 70.6 Å². The number of anilines is 1. The van der Waals surface area contributed by atoms with Crippen LogP contribution in [0, 0.1) is 13.8 Å². The number of nitrogens with one attached hydrogen (secondary N) is 1. The van der Waals surface area contributed by atoms with Crippen molar-refractivity contribution in [3.8, 4) is 0 Å². The maximum absolute atomic E-state index is 8.83. The lowest BCUT2D eigenvalue weighted by Crippen LogP contribution is -2.21. The monoisotopic (exact) mass is 283 g/mol. The highest BCUT2D eigenvalue weighted by molar-refractivity contribution is 5.81. The van der Waals surface area contributed by atoms with E-state index in [1.807, 2.05) is 30.3 Å². The quantitative estimate of drug-likeness (QED) is 0.340. The fraction of sp³-hybridized carbons (Fsp3) is 0.235. The number of nitrogens with two attached hydrogens (primary N) is 1. The van der Waals surface area contributed by atoms with Crippen molar-refractivity contribution in [1.82, 2.24) is 0 Å². The first-order valence-electron chi connectivity index (χ1n) is 6.95. The molecule has 4 heteroatoms. The van der Waals surface area contributed by atoms with Crippen molar-refractivity contribution in [3.63, 3.8) is 0 Å². The van der Waals surface area contributed by atoms with Crippen LogP contribution < -0.4 is 11.1 Å². The fourth-order valence-corrected chi connectivity index (χ4v) is 2.27. The molecule has 0 fully saturated rings. The molecule has 0 saturated heterocycles.